The van der Waals surface area contributed by atoms with Crippen molar-refractivity contribution in [3.63, 3.8) is 0 Å². The quantitative estimate of drug-likeness (QED) is 0.246. The van der Waals surface area contributed by atoms with Gasteiger partial charge in [0.25, 0.3) is 0 Å². The summed E-state index contributed by atoms with van der Waals surface area (Å²) < 4.78 is 26.7. The molecule has 0 aromatic heterocycles. The number of nitrogens with one attached hydrogen (secondary N) is 1. The van der Waals surface area contributed by atoms with Crippen LogP contribution in [0.15, 0.2) is 115 Å². The maximum absolute atomic E-state index is 14.1. The highest BCUT2D eigenvalue weighted by Crippen LogP contribution is 2.25. The van der Waals surface area contributed by atoms with Crippen LogP contribution in [-0.2, 0) is 39.2 Å². The van der Waals surface area contributed by atoms with Crippen molar-refractivity contribution in [2.45, 2.75) is 25.7 Å². The molecule has 0 bridgehead atoms. The molecule has 0 aliphatic heterocycles. The van der Waals surface area contributed by atoms with Gasteiger partial charge >= 0.3 is 0 Å². The highest BCUT2D eigenvalue weighted by atomic mass is 35.5. The highest BCUT2D eigenvalue weighted by Gasteiger charge is 2.33. The Bertz CT molecular complexity index is 1550. The predicted molar refractivity (Wildman–Crippen MR) is 161 cm³/mol. The first kappa shape index (κ1) is 30.0. The number of halogens is 1. The summed E-state index contributed by atoms with van der Waals surface area (Å²) in [5, 5.41) is 3.45. The first-order valence-electron chi connectivity index (χ1n) is 13.1. The van der Waals surface area contributed by atoms with Crippen LogP contribution in [0.5, 0.6) is 0 Å². The number of sulfonamides is 1. The third-order valence-corrected chi connectivity index (χ3v) is 8.15. The van der Waals surface area contributed by atoms with Gasteiger partial charge in [-0.15, -0.1) is 0 Å². The van der Waals surface area contributed by atoms with E-state index in [-0.39, 0.29) is 19.6 Å². The van der Waals surface area contributed by atoms with Crippen molar-refractivity contribution in [2.75, 3.05) is 12.8 Å². The minimum atomic E-state index is -3.76. The third kappa shape index (κ3) is 8.50. The van der Waals surface area contributed by atoms with E-state index in [9.17, 15) is 18.0 Å². The summed E-state index contributed by atoms with van der Waals surface area (Å²) in [5.41, 5.74) is 2.89. The van der Waals surface area contributed by atoms with Gasteiger partial charge in [0, 0.05) is 24.7 Å². The van der Waals surface area contributed by atoms with Gasteiger partial charge in [-0.25, -0.2) is 8.42 Å². The lowest BCUT2D eigenvalue weighted by Gasteiger charge is -2.33. The van der Waals surface area contributed by atoms with Crippen LogP contribution in [0.25, 0.3) is 0 Å². The van der Waals surface area contributed by atoms with Crippen molar-refractivity contribution in [3.05, 3.63) is 143 Å². The van der Waals surface area contributed by atoms with Gasteiger partial charge in [0.05, 0.1) is 12.8 Å². The van der Waals surface area contributed by atoms with Crippen LogP contribution < -0.4 is 5.32 Å². The second-order valence-corrected chi connectivity index (χ2v) is 12.0. The summed E-state index contributed by atoms with van der Waals surface area (Å²) >= 11 is 6.31. The largest absolute Gasteiger partial charge is 0.350 e. The molecule has 0 saturated carbocycles. The molecular weight excluding hydrogens is 558 g/mol. The summed E-state index contributed by atoms with van der Waals surface area (Å²) in [5.74, 6) is -0.911. The number of amides is 2. The molecule has 4 rings (SSSR count). The summed E-state index contributed by atoms with van der Waals surface area (Å²) in [6.45, 7) is -0.138. The maximum Gasteiger partial charge on any atom is 0.247 e. The Kier molecular flexibility index (Phi) is 10.3. The fourth-order valence-corrected chi connectivity index (χ4v) is 5.38. The van der Waals surface area contributed by atoms with Gasteiger partial charge in [-0.05, 0) is 28.3 Å². The maximum atomic E-state index is 14.1. The molecule has 0 unspecified atom stereocenters. The number of carbonyl (C=O) groups excluding carboxylic acids is 2. The number of rotatable bonds is 12. The average Bonchev–Trinajstić information content (AvgIpc) is 2.97. The first-order valence-corrected chi connectivity index (χ1v) is 15.3. The normalized spacial score (nSPS) is 12.1. The van der Waals surface area contributed by atoms with Crippen LogP contribution in [0.3, 0.4) is 0 Å². The Labute approximate surface area is 246 Å². The Balaban J connectivity index is 1.69. The van der Waals surface area contributed by atoms with E-state index in [0.29, 0.717) is 10.6 Å². The van der Waals surface area contributed by atoms with E-state index in [1.807, 2.05) is 72.8 Å². The molecule has 0 saturated heterocycles. The molecule has 7 nitrogen and oxygen atoms in total. The smallest absolute Gasteiger partial charge is 0.247 e. The summed E-state index contributed by atoms with van der Waals surface area (Å²) in [4.78, 5) is 29.4. The Morgan fingerprint density at radius 2 is 1.27 bits per heavy atom. The van der Waals surface area contributed by atoms with E-state index in [4.69, 9.17) is 11.6 Å². The number of hydrogen-bond acceptors (Lipinski definition) is 4. The second kappa shape index (κ2) is 14.1. The molecule has 212 valence electrons. The van der Waals surface area contributed by atoms with E-state index < -0.39 is 34.4 Å². The molecule has 4 aromatic carbocycles. The van der Waals surface area contributed by atoms with Crippen molar-refractivity contribution in [3.8, 4) is 0 Å². The molecule has 0 heterocycles. The lowest BCUT2D eigenvalue weighted by atomic mass is 10.0. The molecule has 0 aliphatic rings. The summed E-state index contributed by atoms with van der Waals surface area (Å²) in [6, 6.07) is 33.5. The Morgan fingerprint density at radius 3 is 1.83 bits per heavy atom. The zero-order valence-electron chi connectivity index (χ0n) is 22.7. The molecule has 2 amide bonds. The van der Waals surface area contributed by atoms with E-state index >= 15 is 0 Å². The Morgan fingerprint density at radius 1 is 0.756 bits per heavy atom. The van der Waals surface area contributed by atoms with Crippen molar-refractivity contribution < 1.29 is 18.0 Å². The first-order chi connectivity index (χ1) is 19.7. The van der Waals surface area contributed by atoms with Crippen LogP contribution in [0.2, 0.25) is 5.02 Å². The zero-order chi connectivity index (χ0) is 29.2. The van der Waals surface area contributed by atoms with Gasteiger partial charge in [0.1, 0.15) is 6.04 Å². The van der Waals surface area contributed by atoms with Crippen LogP contribution in [0, 0.1) is 0 Å². The molecule has 41 heavy (non-hydrogen) atoms. The molecular formula is C32H32ClN3O4S. The van der Waals surface area contributed by atoms with Gasteiger partial charge in [-0.3, -0.25) is 9.59 Å². The van der Waals surface area contributed by atoms with Crippen molar-refractivity contribution >= 4 is 33.4 Å². The predicted octanol–water partition coefficient (Wildman–Crippen LogP) is 5.19. The average molecular weight is 590 g/mol. The van der Waals surface area contributed by atoms with Gasteiger partial charge in [-0.1, -0.05) is 121 Å². The zero-order valence-corrected chi connectivity index (χ0v) is 24.3. The molecule has 0 fully saturated rings. The van der Waals surface area contributed by atoms with E-state index in [0.717, 1.165) is 27.3 Å². The van der Waals surface area contributed by atoms with Crippen molar-refractivity contribution in [2.24, 2.45) is 0 Å². The molecule has 1 N–H and O–H groups in total. The lowest BCUT2D eigenvalue weighted by molar-refractivity contribution is -0.141. The molecule has 9 heteroatoms. The summed E-state index contributed by atoms with van der Waals surface area (Å²) in [6.07, 6.45) is 1.08. The topological polar surface area (TPSA) is 86.8 Å². The minimum absolute atomic E-state index is 0.0271. The molecule has 0 spiro atoms. The van der Waals surface area contributed by atoms with Crippen LogP contribution in [0.1, 0.15) is 28.3 Å². The number of benzene rings is 4. The number of nitrogens with zero attached hydrogens (tertiary/aromatic N) is 2. The fourth-order valence-electron chi connectivity index (χ4n) is 4.45. The molecule has 1 atom stereocenters. The van der Waals surface area contributed by atoms with Crippen LogP contribution in [0.4, 0.5) is 0 Å². The number of hydrogen-bond donors (Lipinski definition) is 1. The minimum Gasteiger partial charge on any atom is -0.350 e. The monoisotopic (exact) mass is 589 g/mol. The molecule has 0 aliphatic carbocycles. The third-order valence-electron chi connectivity index (χ3n) is 6.58. The highest BCUT2D eigenvalue weighted by molar-refractivity contribution is 7.88. The fraction of sp³-hybridized carbons (Fsp3) is 0.188. The Hall–Kier alpha value is -3.98. The van der Waals surface area contributed by atoms with Gasteiger partial charge in [0.15, 0.2) is 0 Å². The van der Waals surface area contributed by atoms with Gasteiger partial charge < -0.3 is 10.2 Å². The van der Waals surface area contributed by atoms with Crippen molar-refractivity contribution in [1.29, 1.82) is 0 Å². The SMILES string of the molecule is CS(=O)(=O)N(CC(=O)N(Cc1ccccc1)[C@H](C(=O)NCc1ccccc1Cl)c1ccccc1)Cc1ccccc1. The molecule has 4 aromatic rings. The van der Waals surface area contributed by atoms with Crippen molar-refractivity contribution in [1.82, 2.24) is 14.5 Å². The van der Waals surface area contributed by atoms with E-state index in [2.05, 4.69) is 5.32 Å². The van der Waals surface area contributed by atoms with Crippen LogP contribution >= 0.6 is 11.6 Å². The second-order valence-electron chi connectivity index (χ2n) is 9.65. The number of carbonyl (C=O) groups is 2. The van der Waals surface area contributed by atoms with Crippen LogP contribution in [-0.4, -0.2) is 42.2 Å². The van der Waals surface area contributed by atoms with Gasteiger partial charge in [-0.2, -0.15) is 4.31 Å². The molecule has 0 radical (unpaired) electrons. The van der Waals surface area contributed by atoms with E-state index in [1.54, 1.807) is 42.5 Å². The van der Waals surface area contributed by atoms with Gasteiger partial charge in [0.2, 0.25) is 21.8 Å². The van der Waals surface area contributed by atoms with E-state index in [1.165, 1.54) is 4.90 Å². The summed E-state index contributed by atoms with van der Waals surface area (Å²) in [7, 11) is -3.76. The standard InChI is InChI=1S/C32H32ClN3O4S/c1-41(39,40)35(22-25-13-5-2-6-14-25)24-30(37)36(23-26-15-7-3-8-16-26)31(27-17-9-4-10-18-27)32(38)34-21-28-19-11-12-20-29(28)33/h2-20,31H,21-24H2,1H3,(H,34,38)/t31-/m0/s1. The lowest BCUT2D eigenvalue weighted by Crippen LogP contribution is -2.47.